The SMILES string of the molecule is NCCNC(=O)c1cccc(S(=O)(=O)N2CCCCCC2)c1. The summed E-state index contributed by atoms with van der Waals surface area (Å²) >= 11 is 0. The smallest absolute Gasteiger partial charge is 0.251 e. The number of nitrogens with zero attached hydrogens (tertiary/aromatic N) is 1. The molecule has 0 saturated carbocycles. The number of amides is 1. The van der Waals surface area contributed by atoms with Gasteiger partial charge < -0.3 is 11.1 Å². The number of benzene rings is 1. The van der Waals surface area contributed by atoms with Crippen molar-refractivity contribution in [1.82, 2.24) is 9.62 Å². The van der Waals surface area contributed by atoms with Crippen molar-refractivity contribution in [2.75, 3.05) is 26.2 Å². The molecule has 0 aliphatic carbocycles. The first kappa shape index (κ1) is 16.9. The lowest BCUT2D eigenvalue weighted by Gasteiger charge is -2.20. The molecule has 2 rings (SSSR count). The number of rotatable bonds is 5. The fourth-order valence-corrected chi connectivity index (χ4v) is 4.08. The summed E-state index contributed by atoms with van der Waals surface area (Å²) in [6.07, 6.45) is 3.90. The molecule has 0 aromatic heterocycles. The van der Waals surface area contributed by atoms with Crippen molar-refractivity contribution in [2.24, 2.45) is 5.73 Å². The molecule has 1 aromatic rings. The van der Waals surface area contributed by atoms with E-state index in [1.807, 2.05) is 0 Å². The summed E-state index contributed by atoms with van der Waals surface area (Å²) in [7, 11) is -3.53. The molecule has 1 aromatic carbocycles. The Labute approximate surface area is 131 Å². The zero-order valence-corrected chi connectivity index (χ0v) is 13.4. The molecule has 6 nitrogen and oxygen atoms in total. The molecule has 0 atom stereocenters. The molecule has 0 unspecified atom stereocenters. The van der Waals surface area contributed by atoms with Crippen molar-refractivity contribution in [3.63, 3.8) is 0 Å². The molecule has 122 valence electrons. The Balaban J connectivity index is 2.21. The minimum absolute atomic E-state index is 0.176. The molecule has 1 heterocycles. The van der Waals surface area contributed by atoms with Crippen molar-refractivity contribution < 1.29 is 13.2 Å². The van der Waals surface area contributed by atoms with E-state index in [0.29, 0.717) is 31.7 Å². The van der Waals surface area contributed by atoms with E-state index in [9.17, 15) is 13.2 Å². The lowest BCUT2D eigenvalue weighted by molar-refractivity contribution is 0.0954. The molecule has 0 spiro atoms. The van der Waals surface area contributed by atoms with Crippen molar-refractivity contribution in [2.45, 2.75) is 30.6 Å². The monoisotopic (exact) mass is 325 g/mol. The molecule has 1 aliphatic heterocycles. The van der Waals surface area contributed by atoms with Gasteiger partial charge in [-0.1, -0.05) is 18.9 Å². The van der Waals surface area contributed by atoms with E-state index < -0.39 is 10.0 Å². The summed E-state index contributed by atoms with van der Waals surface area (Å²) < 4.78 is 26.9. The number of nitrogens with two attached hydrogens (primary N) is 1. The number of hydrogen-bond acceptors (Lipinski definition) is 4. The van der Waals surface area contributed by atoms with Gasteiger partial charge in [-0.2, -0.15) is 4.31 Å². The van der Waals surface area contributed by atoms with Crippen LogP contribution in [0.3, 0.4) is 0 Å². The highest BCUT2D eigenvalue weighted by Gasteiger charge is 2.25. The molecule has 7 heteroatoms. The van der Waals surface area contributed by atoms with Gasteiger partial charge in [0.25, 0.3) is 5.91 Å². The average Bonchev–Trinajstić information content (AvgIpc) is 2.82. The Morgan fingerprint density at radius 3 is 2.50 bits per heavy atom. The molecule has 0 radical (unpaired) electrons. The van der Waals surface area contributed by atoms with Gasteiger partial charge in [-0.25, -0.2) is 8.42 Å². The maximum absolute atomic E-state index is 12.7. The van der Waals surface area contributed by atoms with Crippen LogP contribution in [0.2, 0.25) is 0 Å². The Morgan fingerprint density at radius 1 is 1.18 bits per heavy atom. The average molecular weight is 325 g/mol. The highest BCUT2D eigenvalue weighted by Crippen LogP contribution is 2.21. The molecule has 22 heavy (non-hydrogen) atoms. The van der Waals surface area contributed by atoms with Gasteiger partial charge in [0.1, 0.15) is 0 Å². The molecule has 1 saturated heterocycles. The second kappa shape index (κ2) is 7.71. The Morgan fingerprint density at radius 2 is 1.86 bits per heavy atom. The van der Waals surface area contributed by atoms with Gasteiger partial charge in [-0.05, 0) is 31.0 Å². The Kier molecular flexibility index (Phi) is 5.93. The van der Waals surface area contributed by atoms with Crippen LogP contribution in [0, 0.1) is 0 Å². The predicted molar refractivity (Wildman–Crippen MR) is 85.1 cm³/mol. The highest BCUT2D eigenvalue weighted by molar-refractivity contribution is 7.89. The van der Waals surface area contributed by atoms with E-state index in [4.69, 9.17) is 5.73 Å². The van der Waals surface area contributed by atoms with Crippen molar-refractivity contribution >= 4 is 15.9 Å². The third-order valence-electron chi connectivity index (χ3n) is 3.73. The fourth-order valence-electron chi connectivity index (χ4n) is 2.52. The molecule has 3 N–H and O–H groups in total. The summed E-state index contributed by atoms with van der Waals surface area (Å²) in [6.45, 7) is 1.80. The zero-order valence-electron chi connectivity index (χ0n) is 12.6. The molecular weight excluding hydrogens is 302 g/mol. The topological polar surface area (TPSA) is 92.5 Å². The van der Waals surface area contributed by atoms with Crippen LogP contribution in [0.5, 0.6) is 0 Å². The van der Waals surface area contributed by atoms with Crippen LogP contribution < -0.4 is 11.1 Å². The van der Waals surface area contributed by atoms with E-state index in [-0.39, 0.29) is 10.8 Å². The molecule has 1 amide bonds. The molecule has 1 aliphatic rings. The minimum atomic E-state index is -3.53. The molecule has 1 fully saturated rings. The Hall–Kier alpha value is -1.44. The summed E-state index contributed by atoms with van der Waals surface area (Å²) in [6, 6.07) is 6.18. The predicted octanol–water partition coefficient (Wildman–Crippen LogP) is 0.940. The van der Waals surface area contributed by atoms with Gasteiger partial charge in [0.05, 0.1) is 4.90 Å². The number of carbonyl (C=O) groups is 1. The quantitative estimate of drug-likeness (QED) is 0.842. The zero-order chi connectivity index (χ0) is 16.0. The highest BCUT2D eigenvalue weighted by atomic mass is 32.2. The molecular formula is C15H23N3O3S. The summed E-state index contributed by atoms with van der Waals surface area (Å²) in [5.74, 6) is -0.307. The van der Waals surface area contributed by atoms with E-state index in [1.54, 1.807) is 18.2 Å². The normalized spacial score (nSPS) is 17.0. The van der Waals surface area contributed by atoms with Gasteiger partial charge in [-0.3, -0.25) is 4.79 Å². The van der Waals surface area contributed by atoms with Crippen LogP contribution in [-0.2, 0) is 10.0 Å². The van der Waals surface area contributed by atoms with Crippen molar-refractivity contribution in [3.05, 3.63) is 29.8 Å². The van der Waals surface area contributed by atoms with Gasteiger partial charge in [0, 0.05) is 31.7 Å². The van der Waals surface area contributed by atoms with Gasteiger partial charge in [0.2, 0.25) is 10.0 Å². The van der Waals surface area contributed by atoms with Crippen LogP contribution in [0.1, 0.15) is 36.0 Å². The van der Waals surface area contributed by atoms with Crippen LogP contribution >= 0.6 is 0 Å². The molecule has 0 bridgehead atoms. The summed E-state index contributed by atoms with van der Waals surface area (Å²) in [4.78, 5) is 12.1. The lowest BCUT2D eigenvalue weighted by atomic mass is 10.2. The van der Waals surface area contributed by atoms with Crippen LogP contribution in [0.15, 0.2) is 29.2 Å². The number of sulfonamides is 1. The van der Waals surface area contributed by atoms with Crippen molar-refractivity contribution in [1.29, 1.82) is 0 Å². The summed E-state index contributed by atoms with van der Waals surface area (Å²) in [5, 5.41) is 2.64. The second-order valence-electron chi connectivity index (χ2n) is 5.39. The van der Waals surface area contributed by atoms with Crippen LogP contribution in [-0.4, -0.2) is 44.8 Å². The lowest BCUT2D eigenvalue weighted by Crippen LogP contribution is -2.32. The van der Waals surface area contributed by atoms with E-state index in [1.165, 1.54) is 10.4 Å². The fraction of sp³-hybridized carbons (Fsp3) is 0.533. The first-order valence-corrected chi connectivity index (χ1v) is 9.08. The number of carbonyl (C=O) groups excluding carboxylic acids is 1. The van der Waals surface area contributed by atoms with E-state index >= 15 is 0 Å². The maximum atomic E-state index is 12.7. The van der Waals surface area contributed by atoms with Gasteiger partial charge in [-0.15, -0.1) is 0 Å². The van der Waals surface area contributed by atoms with E-state index in [0.717, 1.165) is 25.7 Å². The van der Waals surface area contributed by atoms with Gasteiger partial charge >= 0.3 is 0 Å². The maximum Gasteiger partial charge on any atom is 0.251 e. The van der Waals surface area contributed by atoms with Crippen LogP contribution in [0.25, 0.3) is 0 Å². The second-order valence-corrected chi connectivity index (χ2v) is 7.33. The van der Waals surface area contributed by atoms with Crippen molar-refractivity contribution in [3.8, 4) is 0 Å². The van der Waals surface area contributed by atoms with Crippen LogP contribution in [0.4, 0.5) is 0 Å². The summed E-state index contributed by atoms with van der Waals surface area (Å²) in [5.41, 5.74) is 5.69. The minimum Gasteiger partial charge on any atom is -0.351 e. The third-order valence-corrected chi connectivity index (χ3v) is 5.62. The largest absolute Gasteiger partial charge is 0.351 e. The first-order chi connectivity index (χ1) is 10.6. The van der Waals surface area contributed by atoms with Gasteiger partial charge in [0.15, 0.2) is 0 Å². The van der Waals surface area contributed by atoms with E-state index in [2.05, 4.69) is 5.32 Å². The third kappa shape index (κ3) is 4.06. The number of hydrogen-bond donors (Lipinski definition) is 2. The number of nitrogens with one attached hydrogen (secondary N) is 1. The standard InChI is InChI=1S/C15H23N3O3S/c16-8-9-17-15(19)13-6-5-7-14(12-13)22(20,21)18-10-3-1-2-4-11-18/h5-7,12H,1-4,8-11,16H2,(H,17,19). The Bertz CT molecular complexity index is 608. The first-order valence-electron chi connectivity index (χ1n) is 7.64.